The minimum Gasteiger partial charge on any atom is -0.365 e. The van der Waals surface area contributed by atoms with E-state index in [1.807, 2.05) is 6.07 Å². The van der Waals surface area contributed by atoms with Gasteiger partial charge in [-0.1, -0.05) is 0 Å². The van der Waals surface area contributed by atoms with Crippen molar-refractivity contribution in [2.45, 2.75) is 44.8 Å². The number of halogens is 1. The summed E-state index contributed by atoms with van der Waals surface area (Å²) < 4.78 is 2.01. The first-order valence-electron chi connectivity index (χ1n) is 7.09. The highest BCUT2D eigenvalue weighted by Crippen LogP contribution is 2.36. The molecule has 3 rings (SSSR count). The molecular weight excluding hydrogens is 348 g/mol. The Bertz CT molecular complexity index is 705. The Kier molecular flexibility index (Phi) is 4.16. The molecule has 3 atom stereocenters. The number of pyridine rings is 1. The molecule has 2 aromatic heterocycles. The van der Waals surface area contributed by atoms with Gasteiger partial charge in [0.15, 0.2) is 0 Å². The van der Waals surface area contributed by atoms with E-state index < -0.39 is 0 Å². The van der Waals surface area contributed by atoms with Crippen LogP contribution in [0.25, 0.3) is 10.1 Å². The standard InChI is InChI=1S/C15H17BrN4S/c1-8-3-4-12(9(2)19-8)20-15-11-5-13(16)21-14(11)10(6-17)7-18-15/h5,7-9,12,19H,3-4H2,1-2H3,(H,18,20). The molecule has 1 aliphatic rings. The average Bonchev–Trinajstić information content (AvgIpc) is 2.84. The van der Waals surface area contributed by atoms with Crippen LogP contribution in [0, 0.1) is 11.3 Å². The van der Waals surface area contributed by atoms with E-state index in [4.69, 9.17) is 0 Å². The van der Waals surface area contributed by atoms with Gasteiger partial charge >= 0.3 is 0 Å². The molecule has 3 unspecified atom stereocenters. The van der Waals surface area contributed by atoms with E-state index >= 15 is 0 Å². The van der Waals surface area contributed by atoms with E-state index in [1.165, 1.54) is 0 Å². The number of nitrogens with zero attached hydrogens (tertiary/aromatic N) is 2. The molecule has 6 heteroatoms. The molecule has 1 fully saturated rings. The van der Waals surface area contributed by atoms with Gasteiger partial charge in [-0.05, 0) is 48.7 Å². The number of piperidine rings is 1. The minimum absolute atomic E-state index is 0.364. The van der Waals surface area contributed by atoms with E-state index in [0.717, 1.165) is 32.5 Å². The summed E-state index contributed by atoms with van der Waals surface area (Å²) in [4.78, 5) is 4.46. The Morgan fingerprint density at radius 1 is 1.48 bits per heavy atom. The van der Waals surface area contributed by atoms with Crippen LogP contribution >= 0.6 is 27.3 Å². The molecule has 4 nitrogen and oxygen atoms in total. The van der Waals surface area contributed by atoms with Crippen molar-refractivity contribution >= 4 is 43.2 Å². The van der Waals surface area contributed by atoms with Crippen molar-refractivity contribution in [1.82, 2.24) is 10.3 Å². The zero-order chi connectivity index (χ0) is 15.0. The summed E-state index contributed by atoms with van der Waals surface area (Å²) in [5.41, 5.74) is 0.634. The highest BCUT2D eigenvalue weighted by atomic mass is 79.9. The lowest BCUT2D eigenvalue weighted by molar-refractivity contribution is 0.326. The first kappa shape index (κ1) is 14.8. The first-order valence-corrected chi connectivity index (χ1v) is 8.70. The molecule has 1 saturated heterocycles. The first-order chi connectivity index (χ1) is 10.1. The number of thiophene rings is 1. The molecule has 0 amide bonds. The molecule has 1 aliphatic heterocycles. The lowest BCUT2D eigenvalue weighted by atomic mass is 9.95. The molecule has 0 bridgehead atoms. The summed E-state index contributed by atoms with van der Waals surface area (Å²) in [6.07, 6.45) is 3.95. The van der Waals surface area contributed by atoms with Crippen LogP contribution in [0.4, 0.5) is 5.82 Å². The van der Waals surface area contributed by atoms with Crippen LogP contribution < -0.4 is 10.6 Å². The Morgan fingerprint density at radius 2 is 2.29 bits per heavy atom. The Hall–Kier alpha value is -1.16. The third-order valence-corrected chi connectivity index (χ3v) is 5.70. The van der Waals surface area contributed by atoms with Crippen LogP contribution in [0.15, 0.2) is 16.0 Å². The van der Waals surface area contributed by atoms with Gasteiger partial charge < -0.3 is 10.6 Å². The fourth-order valence-electron chi connectivity index (χ4n) is 2.89. The molecule has 3 heterocycles. The zero-order valence-electron chi connectivity index (χ0n) is 12.0. The summed E-state index contributed by atoms with van der Waals surface area (Å²) >= 11 is 5.09. The van der Waals surface area contributed by atoms with Crippen molar-refractivity contribution in [1.29, 1.82) is 5.26 Å². The average molecular weight is 365 g/mol. The smallest absolute Gasteiger partial charge is 0.135 e. The maximum atomic E-state index is 9.20. The van der Waals surface area contributed by atoms with Crippen LogP contribution in [0.1, 0.15) is 32.3 Å². The number of hydrogen-bond donors (Lipinski definition) is 2. The maximum Gasteiger partial charge on any atom is 0.135 e. The van der Waals surface area contributed by atoms with E-state index in [1.54, 1.807) is 17.5 Å². The summed E-state index contributed by atoms with van der Waals surface area (Å²) in [5, 5.41) is 17.4. The van der Waals surface area contributed by atoms with Crippen molar-refractivity contribution in [2.75, 3.05) is 5.32 Å². The van der Waals surface area contributed by atoms with Crippen molar-refractivity contribution in [2.24, 2.45) is 0 Å². The fraction of sp³-hybridized carbons (Fsp3) is 0.467. The molecule has 0 spiro atoms. The van der Waals surface area contributed by atoms with Gasteiger partial charge in [-0.15, -0.1) is 11.3 Å². The minimum atomic E-state index is 0.364. The second-order valence-corrected chi connectivity index (χ2v) is 8.04. The van der Waals surface area contributed by atoms with Crippen LogP contribution in [0.2, 0.25) is 0 Å². The topological polar surface area (TPSA) is 60.7 Å². The molecule has 21 heavy (non-hydrogen) atoms. The zero-order valence-corrected chi connectivity index (χ0v) is 14.4. The van der Waals surface area contributed by atoms with Crippen LogP contribution in [0.5, 0.6) is 0 Å². The molecular formula is C15H17BrN4S. The number of hydrogen-bond acceptors (Lipinski definition) is 5. The number of anilines is 1. The molecule has 0 aromatic carbocycles. The van der Waals surface area contributed by atoms with E-state index in [0.29, 0.717) is 23.7 Å². The number of rotatable bonds is 2. The number of fused-ring (bicyclic) bond motifs is 1. The SMILES string of the molecule is CC1CCC(Nc2ncc(C#N)c3sc(Br)cc23)C(C)N1. The number of nitriles is 1. The highest BCUT2D eigenvalue weighted by molar-refractivity contribution is 9.11. The van der Waals surface area contributed by atoms with Crippen molar-refractivity contribution < 1.29 is 0 Å². The Labute approximate surface area is 136 Å². The lowest BCUT2D eigenvalue weighted by Gasteiger charge is -2.35. The van der Waals surface area contributed by atoms with Gasteiger partial charge in [-0.3, -0.25) is 0 Å². The summed E-state index contributed by atoms with van der Waals surface area (Å²) in [5.74, 6) is 0.874. The van der Waals surface area contributed by atoms with Crippen LogP contribution in [0.3, 0.4) is 0 Å². The number of nitrogens with one attached hydrogen (secondary N) is 2. The van der Waals surface area contributed by atoms with Crippen molar-refractivity contribution in [3.05, 3.63) is 21.6 Å². The molecule has 0 aliphatic carbocycles. The van der Waals surface area contributed by atoms with Gasteiger partial charge in [0.1, 0.15) is 11.9 Å². The monoisotopic (exact) mass is 364 g/mol. The number of aromatic nitrogens is 1. The van der Waals surface area contributed by atoms with Crippen LogP contribution in [-0.4, -0.2) is 23.1 Å². The summed E-state index contributed by atoms with van der Waals surface area (Å²) in [7, 11) is 0. The quantitative estimate of drug-likeness (QED) is 0.848. The second kappa shape index (κ2) is 5.91. The predicted octanol–water partition coefficient (Wildman–Crippen LogP) is 3.87. The predicted molar refractivity (Wildman–Crippen MR) is 90.7 cm³/mol. The van der Waals surface area contributed by atoms with Gasteiger partial charge in [-0.25, -0.2) is 4.98 Å². The molecule has 0 saturated carbocycles. The largest absolute Gasteiger partial charge is 0.365 e. The highest BCUT2D eigenvalue weighted by Gasteiger charge is 2.25. The molecule has 2 N–H and O–H groups in total. The molecule has 2 aromatic rings. The van der Waals surface area contributed by atoms with E-state index in [-0.39, 0.29) is 0 Å². The van der Waals surface area contributed by atoms with Gasteiger partial charge in [0.2, 0.25) is 0 Å². The third-order valence-electron chi connectivity index (χ3n) is 4.03. The second-order valence-electron chi connectivity index (χ2n) is 5.61. The summed E-state index contributed by atoms with van der Waals surface area (Å²) in [6.45, 7) is 4.43. The molecule has 110 valence electrons. The third kappa shape index (κ3) is 2.91. The lowest BCUT2D eigenvalue weighted by Crippen LogP contribution is -2.50. The van der Waals surface area contributed by atoms with Gasteiger partial charge in [0, 0.05) is 29.7 Å². The summed E-state index contributed by atoms with van der Waals surface area (Å²) in [6, 6.07) is 5.60. The van der Waals surface area contributed by atoms with Crippen molar-refractivity contribution in [3.63, 3.8) is 0 Å². The van der Waals surface area contributed by atoms with Gasteiger partial charge in [-0.2, -0.15) is 5.26 Å². The molecule has 0 radical (unpaired) electrons. The maximum absolute atomic E-state index is 9.20. The van der Waals surface area contributed by atoms with Crippen LogP contribution in [-0.2, 0) is 0 Å². The fourth-order valence-corrected chi connectivity index (χ4v) is 4.45. The van der Waals surface area contributed by atoms with Gasteiger partial charge in [0.05, 0.1) is 14.0 Å². The van der Waals surface area contributed by atoms with E-state index in [2.05, 4.69) is 51.5 Å². The van der Waals surface area contributed by atoms with Crippen molar-refractivity contribution in [3.8, 4) is 6.07 Å². The van der Waals surface area contributed by atoms with E-state index in [9.17, 15) is 5.26 Å². The Balaban J connectivity index is 1.93. The van der Waals surface area contributed by atoms with Gasteiger partial charge in [0.25, 0.3) is 0 Å². The Morgan fingerprint density at radius 3 is 3.00 bits per heavy atom. The normalized spacial score (nSPS) is 25.7.